The van der Waals surface area contributed by atoms with Crippen LogP contribution in [0.15, 0.2) is 30.5 Å². The Bertz CT molecular complexity index is 540. The number of nitrogens with one attached hydrogen (secondary N) is 1. The first-order valence-electron chi connectivity index (χ1n) is 7.42. The molecule has 3 rings (SSSR count). The maximum absolute atomic E-state index is 5.42. The third-order valence-electron chi connectivity index (χ3n) is 4.96. The van der Waals surface area contributed by atoms with E-state index in [0.717, 1.165) is 18.7 Å². The van der Waals surface area contributed by atoms with Gasteiger partial charge in [0.25, 0.3) is 0 Å². The van der Waals surface area contributed by atoms with Crippen molar-refractivity contribution in [1.29, 1.82) is 0 Å². The number of nitrogens with zero attached hydrogens (tertiary/aromatic N) is 1. The van der Waals surface area contributed by atoms with Gasteiger partial charge in [0.15, 0.2) is 0 Å². The molecule has 1 aliphatic carbocycles. The van der Waals surface area contributed by atoms with Gasteiger partial charge in [0, 0.05) is 24.5 Å². The summed E-state index contributed by atoms with van der Waals surface area (Å²) in [6, 6.07) is 7.49. The highest BCUT2D eigenvalue weighted by Crippen LogP contribution is 2.43. The fourth-order valence-electron chi connectivity index (χ4n) is 3.80. The van der Waals surface area contributed by atoms with E-state index in [-0.39, 0.29) is 5.41 Å². The highest BCUT2D eigenvalue weighted by molar-refractivity contribution is 5.48. The van der Waals surface area contributed by atoms with Gasteiger partial charge in [-0.25, -0.2) is 0 Å². The summed E-state index contributed by atoms with van der Waals surface area (Å²) in [4.78, 5) is 2.35. The minimum Gasteiger partial charge on any atom is -0.497 e. The lowest BCUT2D eigenvalue weighted by atomic mass is 9.64. The molecule has 0 spiro atoms. The van der Waals surface area contributed by atoms with Gasteiger partial charge in [-0.1, -0.05) is 26.0 Å². The van der Waals surface area contributed by atoms with Crippen LogP contribution in [-0.4, -0.2) is 37.7 Å². The molecular formula is C17H24N2O. The summed E-state index contributed by atoms with van der Waals surface area (Å²) in [6.07, 6.45) is 5.67. The fourth-order valence-corrected chi connectivity index (χ4v) is 3.80. The molecule has 2 bridgehead atoms. The molecule has 1 unspecified atom stereocenters. The highest BCUT2D eigenvalue weighted by Gasteiger charge is 2.47. The van der Waals surface area contributed by atoms with E-state index in [1.54, 1.807) is 7.11 Å². The number of ether oxygens (including phenoxy) is 1. The van der Waals surface area contributed by atoms with Gasteiger partial charge >= 0.3 is 0 Å². The van der Waals surface area contributed by atoms with Crippen LogP contribution in [0.5, 0.6) is 5.75 Å². The van der Waals surface area contributed by atoms with Gasteiger partial charge in [0.2, 0.25) is 0 Å². The second kappa shape index (κ2) is 4.81. The third kappa shape index (κ3) is 1.84. The van der Waals surface area contributed by atoms with Gasteiger partial charge in [-0.15, -0.1) is 0 Å². The largest absolute Gasteiger partial charge is 0.497 e. The van der Waals surface area contributed by atoms with Crippen molar-refractivity contribution in [2.75, 3.05) is 20.7 Å². The Labute approximate surface area is 121 Å². The van der Waals surface area contributed by atoms with Crippen molar-refractivity contribution < 1.29 is 4.74 Å². The quantitative estimate of drug-likeness (QED) is 0.914. The topological polar surface area (TPSA) is 24.5 Å². The molecule has 0 radical (unpaired) electrons. The van der Waals surface area contributed by atoms with E-state index in [9.17, 15) is 0 Å². The van der Waals surface area contributed by atoms with Gasteiger partial charge in [-0.05, 0) is 42.4 Å². The lowest BCUT2D eigenvalue weighted by Gasteiger charge is -2.52. The lowest BCUT2D eigenvalue weighted by Crippen LogP contribution is -2.62. The number of benzene rings is 1. The summed E-state index contributed by atoms with van der Waals surface area (Å²) in [6.45, 7) is 5.52. The fraction of sp³-hybridized carbons (Fsp3) is 0.529. The molecule has 1 aliphatic heterocycles. The van der Waals surface area contributed by atoms with Crippen LogP contribution in [0, 0.1) is 0 Å². The zero-order chi connectivity index (χ0) is 14.3. The van der Waals surface area contributed by atoms with Crippen LogP contribution in [0.1, 0.15) is 25.0 Å². The second-order valence-electron chi connectivity index (χ2n) is 6.09. The molecule has 3 nitrogen and oxygen atoms in total. The summed E-state index contributed by atoms with van der Waals surface area (Å²) < 4.78 is 5.42. The van der Waals surface area contributed by atoms with E-state index >= 15 is 0 Å². The van der Waals surface area contributed by atoms with Crippen LogP contribution in [0.3, 0.4) is 0 Å². The first-order valence-corrected chi connectivity index (χ1v) is 7.42. The number of likely N-dealkylation sites (N-methyl/N-ethyl adjacent to an activating group) is 2. The van der Waals surface area contributed by atoms with Crippen molar-refractivity contribution in [3.63, 3.8) is 0 Å². The summed E-state index contributed by atoms with van der Waals surface area (Å²) >= 11 is 0. The predicted octanol–water partition coefficient (Wildman–Crippen LogP) is 2.31. The number of fused-ring (bicyclic) bond motifs is 4. The van der Waals surface area contributed by atoms with Crippen molar-refractivity contribution in [1.82, 2.24) is 10.2 Å². The minimum absolute atomic E-state index is 0.0370. The predicted molar refractivity (Wildman–Crippen MR) is 82.2 cm³/mol. The molecule has 20 heavy (non-hydrogen) atoms. The van der Waals surface area contributed by atoms with Crippen molar-refractivity contribution in [3.05, 3.63) is 41.6 Å². The van der Waals surface area contributed by atoms with E-state index < -0.39 is 0 Å². The molecule has 0 saturated carbocycles. The van der Waals surface area contributed by atoms with Crippen molar-refractivity contribution in [3.8, 4) is 5.75 Å². The van der Waals surface area contributed by atoms with Crippen molar-refractivity contribution in [2.24, 2.45) is 0 Å². The van der Waals surface area contributed by atoms with Crippen LogP contribution < -0.4 is 10.1 Å². The molecule has 1 aromatic rings. The van der Waals surface area contributed by atoms with Gasteiger partial charge in [0.1, 0.15) is 5.75 Å². The average molecular weight is 272 g/mol. The minimum atomic E-state index is 0.0370. The van der Waals surface area contributed by atoms with Crippen LogP contribution in [-0.2, 0) is 11.8 Å². The summed E-state index contributed by atoms with van der Waals surface area (Å²) in [5.41, 5.74) is 2.89. The van der Waals surface area contributed by atoms with Gasteiger partial charge in [0.05, 0.1) is 7.11 Å². The van der Waals surface area contributed by atoms with E-state index in [4.69, 9.17) is 4.74 Å². The standard InChI is InChI=1S/C17H24N2O/c1-5-18-16-15-10-12-6-7-13(20-4)11-14(12)17(16,2)8-9-19(15)3/h6-9,11,15-16,18H,5,10H2,1-4H3/t15-,16?,17+/m1/s1. The van der Waals surface area contributed by atoms with Gasteiger partial charge in [-0.2, -0.15) is 0 Å². The summed E-state index contributed by atoms with van der Waals surface area (Å²) in [5, 5.41) is 3.70. The molecule has 3 heteroatoms. The van der Waals surface area contributed by atoms with Gasteiger partial charge < -0.3 is 15.0 Å². The molecule has 2 aliphatic rings. The monoisotopic (exact) mass is 272 g/mol. The van der Waals surface area contributed by atoms with Gasteiger partial charge in [-0.3, -0.25) is 0 Å². The maximum atomic E-state index is 5.42. The van der Waals surface area contributed by atoms with E-state index in [2.05, 4.69) is 61.6 Å². The highest BCUT2D eigenvalue weighted by atomic mass is 16.5. The molecule has 0 fully saturated rings. The maximum Gasteiger partial charge on any atom is 0.119 e. The van der Waals surface area contributed by atoms with Crippen LogP contribution in [0.25, 0.3) is 0 Å². The number of hydrogen-bond acceptors (Lipinski definition) is 3. The lowest BCUT2D eigenvalue weighted by molar-refractivity contribution is 0.168. The number of rotatable bonds is 3. The molecule has 0 amide bonds. The molecule has 1 N–H and O–H groups in total. The Balaban J connectivity index is 2.14. The Morgan fingerprint density at radius 3 is 2.95 bits per heavy atom. The molecular weight excluding hydrogens is 248 g/mol. The molecule has 108 valence electrons. The average Bonchev–Trinajstić information content (AvgIpc) is 2.46. The Morgan fingerprint density at radius 2 is 2.25 bits per heavy atom. The Morgan fingerprint density at radius 1 is 1.45 bits per heavy atom. The molecule has 0 saturated heterocycles. The first-order chi connectivity index (χ1) is 9.60. The van der Waals surface area contributed by atoms with E-state index in [1.807, 2.05) is 0 Å². The SMILES string of the molecule is CCNC1[C@H]2Cc3ccc(OC)cc3[C@]1(C)C=CN2C. The molecule has 1 heterocycles. The number of methoxy groups -OCH3 is 1. The van der Waals surface area contributed by atoms with E-state index in [0.29, 0.717) is 12.1 Å². The van der Waals surface area contributed by atoms with Crippen LogP contribution in [0.4, 0.5) is 0 Å². The molecule has 0 aromatic heterocycles. The second-order valence-corrected chi connectivity index (χ2v) is 6.09. The first kappa shape index (κ1) is 13.5. The molecule has 1 aromatic carbocycles. The van der Waals surface area contributed by atoms with Crippen molar-refractivity contribution in [2.45, 2.75) is 37.8 Å². The number of hydrogen-bond donors (Lipinski definition) is 1. The summed E-state index contributed by atoms with van der Waals surface area (Å²) in [5.74, 6) is 0.950. The third-order valence-corrected chi connectivity index (χ3v) is 4.96. The Hall–Kier alpha value is -1.48. The van der Waals surface area contributed by atoms with Crippen molar-refractivity contribution >= 4 is 0 Å². The Kier molecular flexibility index (Phi) is 3.25. The zero-order valence-corrected chi connectivity index (χ0v) is 12.8. The van der Waals surface area contributed by atoms with Crippen LogP contribution in [0.2, 0.25) is 0 Å². The zero-order valence-electron chi connectivity index (χ0n) is 12.8. The van der Waals surface area contributed by atoms with E-state index in [1.165, 1.54) is 11.1 Å². The van der Waals surface area contributed by atoms with Crippen LogP contribution >= 0.6 is 0 Å². The smallest absolute Gasteiger partial charge is 0.119 e. The summed E-state index contributed by atoms with van der Waals surface area (Å²) in [7, 11) is 3.92. The normalized spacial score (nSPS) is 31.1. The molecule has 3 atom stereocenters.